The molecule has 1 aliphatic carbocycles. The van der Waals surface area contributed by atoms with Crippen molar-refractivity contribution in [3.8, 4) is 11.1 Å². The second kappa shape index (κ2) is 26.8. The summed E-state index contributed by atoms with van der Waals surface area (Å²) in [6, 6.07) is 42.0. The lowest BCUT2D eigenvalue weighted by molar-refractivity contribution is -0.462. The van der Waals surface area contributed by atoms with Crippen LogP contribution in [0.1, 0.15) is 78.5 Å². The van der Waals surface area contributed by atoms with E-state index in [0.29, 0.717) is 115 Å². The van der Waals surface area contributed by atoms with Crippen molar-refractivity contribution in [2.24, 2.45) is 0 Å². The molecule has 0 radical (unpaired) electrons. The third-order valence-electron chi connectivity index (χ3n) is 16.4. The minimum atomic E-state index is -4.08. The van der Waals surface area contributed by atoms with E-state index in [0.717, 1.165) is 83.0 Å². The van der Waals surface area contributed by atoms with Crippen LogP contribution in [0.5, 0.6) is 0 Å². The first-order chi connectivity index (χ1) is 40.6. The van der Waals surface area contributed by atoms with Crippen LogP contribution in [0.25, 0.3) is 38.2 Å². The number of benzene rings is 7. The number of hydrogen-bond donors (Lipinski definition) is 6. The lowest BCUT2D eigenvalue weighted by atomic mass is 9.77. The molecule has 0 aromatic heterocycles. The summed E-state index contributed by atoms with van der Waals surface area (Å²) < 4.78 is 16.9. The second-order valence-corrected chi connectivity index (χ2v) is 25.2. The maximum Gasteiger partial charge on any atom is 0.488 e. The molecule has 7 aromatic carbocycles. The summed E-state index contributed by atoms with van der Waals surface area (Å²) in [5.41, 5.74) is 13.2. The summed E-state index contributed by atoms with van der Waals surface area (Å²) in [5.74, 6) is -0.183. The molecule has 1 atom stereocenters. The molecule has 0 spiro atoms. The van der Waals surface area contributed by atoms with Crippen molar-refractivity contribution in [3.63, 3.8) is 0 Å². The molecule has 9 rings (SSSR count). The van der Waals surface area contributed by atoms with Gasteiger partial charge in [-0.2, -0.15) is 0 Å². The van der Waals surface area contributed by atoms with Gasteiger partial charge in [-0.05, 0) is 176 Å². The van der Waals surface area contributed by atoms with Crippen molar-refractivity contribution in [2.75, 3.05) is 52.7 Å². The van der Waals surface area contributed by atoms with Gasteiger partial charge in [0, 0.05) is 83.2 Å². The Morgan fingerprint density at radius 2 is 1.20 bits per heavy atom. The van der Waals surface area contributed by atoms with Crippen molar-refractivity contribution >= 4 is 88.0 Å². The van der Waals surface area contributed by atoms with Crippen LogP contribution >= 0.6 is 7.37 Å². The monoisotopic (exact) mass is 1160 g/mol. The fourth-order valence-electron chi connectivity index (χ4n) is 11.7. The molecule has 0 bridgehead atoms. The lowest BCUT2D eigenvalue weighted by Gasteiger charge is -2.31. The van der Waals surface area contributed by atoms with Gasteiger partial charge in [0.25, 0.3) is 7.37 Å². The van der Waals surface area contributed by atoms with Crippen LogP contribution in [0.3, 0.4) is 0 Å². The van der Waals surface area contributed by atoms with Crippen molar-refractivity contribution in [3.05, 3.63) is 220 Å². The van der Waals surface area contributed by atoms with Crippen LogP contribution in [0, 0.1) is 6.92 Å². The quantitative estimate of drug-likeness (QED) is 0.00853. The number of carbonyl (C=O) groups is 2. The van der Waals surface area contributed by atoms with Crippen molar-refractivity contribution in [2.45, 2.75) is 72.6 Å². The molecule has 6 N–H and O–H groups in total. The van der Waals surface area contributed by atoms with E-state index in [4.69, 9.17) is 0 Å². The average Bonchev–Trinajstić information content (AvgIpc) is 1.95. The number of carbonyl (C=O) groups excluding carboxylic acids is 2. The summed E-state index contributed by atoms with van der Waals surface area (Å²) in [7, 11) is 0.259. The Hall–Kier alpha value is -7.55. The number of allylic oxidation sites excluding steroid dienone is 6. The summed E-state index contributed by atoms with van der Waals surface area (Å²) in [6.45, 7) is 16.4. The standard InChI is InChI=1S/C69H76B2N5O8P/c1-45(2)65(77)25-16-17-35-75(41-50-19-10-14-23-63(50)70(79)80)44-62-55-22-13-12-21-54(55)61(43-76(36-18-34-72-69(78)46(3)4)42-51-20-11-15-24-64(51)71(81)82)56-31-28-49(38-60(56)62)48-27-26-47(5)59(37-48)68-57-32-29-52(73(6)7)39-66(57)85(83,84)67-40-53(74(8)9)30-33-58(67)68/h10-15,19-24,26-33,37-40,79-82H,1,3,16-18,25,34-36,41-44H2,2,4-9H3,(H-,72,78,83,84)/p+1. The summed E-state index contributed by atoms with van der Waals surface area (Å²) in [6.07, 6.45) is 8.14. The Bertz CT molecular complexity index is 3950. The summed E-state index contributed by atoms with van der Waals surface area (Å²) >= 11 is 0. The highest BCUT2D eigenvalue weighted by Gasteiger charge is 2.41. The van der Waals surface area contributed by atoms with Gasteiger partial charge in [-0.25, -0.2) is 4.58 Å². The van der Waals surface area contributed by atoms with Crippen molar-refractivity contribution in [1.29, 1.82) is 0 Å². The number of aryl methyl sites for hydroxylation is 1. The third-order valence-corrected chi connectivity index (χ3v) is 18.5. The maximum atomic E-state index is 14.9. The smallest absolute Gasteiger partial charge is 0.423 e. The van der Waals surface area contributed by atoms with Crippen LogP contribution in [0.15, 0.2) is 181 Å². The SMILES string of the molecule is C=C(C)C(=O)CCCCN(Cc1ccccc1B(O)O)Cc1c2ccccc2c(CN(CCCNC(=O)C(=C)C)Cc2ccccc2B(O)O)c2ccc(-c3ccc(C)c(C4=C5C=CC(=[N+](C)C)C=C5P(=O)(O)c5cc(N(C)C)ccc54)c3)cc12. The zero-order valence-corrected chi connectivity index (χ0v) is 50.8. The highest BCUT2D eigenvalue weighted by Crippen LogP contribution is 2.60. The molecule has 0 saturated heterocycles. The molecule has 1 heterocycles. The maximum absolute atomic E-state index is 14.9. The van der Waals surface area contributed by atoms with Crippen LogP contribution in [0.4, 0.5) is 5.69 Å². The van der Waals surface area contributed by atoms with Crippen LogP contribution in [0.2, 0.25) is 0 Å². The summed E-state index contributed by atoms with van der Waals surface area (Å²) in [5, 5.41) is 50.2. The minimum absolute atomic E-state index is 0.0296. The number of hydrogen-bond acceptors (Lipinski definition) is 10. The molecule has 1 aliphatic heterocycles. The van der Waals surface area contributed by atoms with Gasteiger partial charge in [0.2, 0.25) is 5.91 Å². The number of fused-ring (bicyclic) bond motifs is 4. The van der Waals surface area contributed by atoms with Gasteiger partial charge in [-0.1, -0.05) is 116 Å². The molecule has 16 heteroatoms. The van der Waals surface area contributed by atoms with E-state index in [1.54, 1.807) is 38.1 Å². The number of nitrogens with zero attached hydrogens (tertiary/aromatic N) is 4. The molecule has 0 saturated carbocycles. The normalized spacial score (nSPS) is 14.6. The first kappa shape index (κ1) is 62.0. The molecule has 7 aromatic rings. The Morgan fingerprint density at radius 1 is 0.635 bits per heavy atom. The van der Waals surface area contributed by atoms with Gasteiger partial charge in [0.15, 0.2) is 11.5 Å². The van der Waals surface area contributed by atoms with Crippen LogP contribution in [-0.4, -0.2) is 119 Å². The first-order valence-electron chi connectivity index (χ1n) is 29.0. The average molecular weight is 1160 g/mol. The van der Waals surface area contributed by atoms with Crippen molar-refractivity contribution < 1.29 is 43.7 Å². The molecule has 1 unspecified atom stereocenters. The predicted octanol–water partition coefficient (Wildman–Crippen LogP) is 8.67. The fraction of sp³-hybridized carbons (Fsp3) is 0.261. The lowest BCUT2D eigenvalue weighted by Crippen LogP contribution is -2.36. The van der Waals surface area contributed by atoms with Gasteiger partial charge in [0.1, 0.15) is 14.1 Å². The second-order valence-electron chi connectivity index (χ2n) is 23.1. The zero-order chi connectivity index (χ0) is 60.9. The van der Waals surface area contributed by atoms with Gasteiger partial charge in [0.05, 0.1) is 10.6 Å². The van der Waals surface area contributed by atoms with E-state index in [1.165, 1.54) is 0 Å². The summed E-state index contributed by atoms with van der Waals surface area (Å²) in [4.78, 5) is 44.3. The molecule has 85 heavy (non-hydrogen) atoms. The Balaban J connectivity index is 1.24. The number of rotatable bonds is 24. The minimum Gasteiger partial charge on any atom is -0.423 e. The van der Waals surface area contributed by atoms with E-state index >= 15 is 0 Å². The first-order valence-corrected chi connectivity index (χ1v) is 30.7. The van der Waals surface area contributed by atoms with Gasteiger partial charge >= 0.3 is 14.2 Å². The number of unbranched alkanes of at least 4 members (excludes halogenated alkanes) is 1. The van der Waals surface area contributed by atoms with Crippen LogP contribution in [-0.2, 0) is 40.3 Å². The number of Topliss-reactive ketones (excluding diaryl/α,β-unsaturated/α-hetero) is 1. The number of anilines is 1. The third kappa shape index (κ3) is 13.8. The molecular weight excluding hydrogens is 1080 g/mol. The predicted molar refractivity (Wildman–Crippen MR) is 349 cm³/mol. The van der Waals surface area contributed by atoms with E-state index in [9.17, 15) is 39.1 Å². The highest BCUT2D eigenvalue weighted by molar-refractivity contribution is 7.71. The van der Waals surface area contributed by atoms with E-state index in [2.05, 4.69) is 89.8 Å². The van der Waals surface area contributed by atoms with E-state index in [-0.39, 0.29) is 11.7 Å². The van der Waals surface area contributed by atoms with Gasteiger partial charge < -0.3 is 35.2 Å². The van der Waals surface area contributed by atoms with Gasteiger partial charge in [-0.15, -0.1) is 0 Å². The van der Waals surface area contributed by atoms with Crippen LogP contribution < -0.4 is 26.4 Å². The highest BCUT2D eigenvalue weighted by atomic mass is 31.2. The molecule has 436 valence electrons. The molecule has 0 fully saturated rings. The molecule has 13 nitrogen and oxygen atoms in total. The zero-order valence-electron chi connectivity index (χ0n) is 49.9. The Labute approximate surface area is 500 Å². The number of amides is 1. The molecule has 2 aliphatic rings. The number of ketones is 1. The molecule has 1 amide bonds. The Kier molecular flexibility index (Phi) is 19.5. The van der Waals surface area contributed by atoms with E-state index < -0.39 is 21.6 Å². The van der Waals surface area contributed by atoms with Crippen molar-refractivity contribution in [1.82, 2.24) is 15.1 Å². The topological polar surface area (TPSA) is 177 Å². The molecular formula is C69H77B2N5O8P+. The van der Waals surface area contributed by atoms with Gasteiger partial charge in [-0.3, -0.25) is 24.0 Å². The largest absolute Gasteiger partial charge is 0.488 e. The number of nitrogens with one attached hydrogen (secondary N) is 1. The Morgan fingerprint density at radius 3 is 1.79 bits per heavy atom. The fourth-order valence-corrected chi connectivity index (χ4v) is 13.6. The van der Waals surface area contributed by atoms with E-state index in [1.807, 2.05) is 104 Å².